The highest BCUT2D eigenvalue weighted by Gasteiger charge is 2.06. The van der Waals surface area contributed by atoms with Crippen LogP contribution in [-0.2, 0) is 9.53 Å². The lowest BCUT2D eigenvalue weighted by atomic mass is 10.2. The second-order valence-corrected chi connectivity index (χ2v) is 4.95. The fourth-order valence-corrected chi connectivity index (χ4v) is 1.89. The zero-order valence-corrected chi connectivity index (χ0v) is 13.0. The first-order chi connectivity index (χ1) is 11.2. The molecule has 2 rings (SSSR count). The molecule has 1 amide bonds. The van der Waals surface area contributed by atoms with Crippen molar-refractivity contribution in [3.05, 3.63) is 71.8 Å². The van der Waals surface area contributed by atoms with Crippen LogP contribution in [0.2, 0.25) is 0 Å². The van der Waals surface area contributed by atoms with Crippen LogP contribution in [0.1, 0.15) is 29.3 Å². The molecule has 0 aliphatic carbocycles. The van der Waals surface area contributed by atoms with Crippen molar-refractivity contribution in [1.29, 1.82) is 0 Å². The Kier molecular flexibility index (Phi) is 6.12. The number of ether oxygens (including phenoxy) is 1. The van der Waals surface area contributed by atoms with Crippen LogP contribution in [0.4, 0.5) is 5.69 Å². The molecule has 1 N–H and O–H groups in total. The highest BCUT2D eigenvalue weighted by Crippen LogP contribution is 2.11. The molecule has 0 aromatic heterocycles. The number of hydrogen-bond acceptors (Lipinski definition) is 3. The number of carbonyl (C=O) groups excluding carboxylic acids is 2. The molecule has 0 aliphatic rings. The maximum atomic E-state index is 11.9. The van der Waals surface area contributed by atoms with Gasteiger partial charge in [-0.2, -0.15) is 0 Å². The van der Waals surface area contributed by atoms with Gasteiger partial charge in [-0.3, -0.25) is 4.79 Å². The van der Waals surface area contributed by atoms with E-state index in [-0.39, 0.29) is 11.9 Å². The molecule has 0 fully saturated rings. The summed E-state index contributed by atoms with van der Waals surface area (Å²) in [6.45, 7) is 2.34. The number of anilines is 1. The van der Waals surface area contributed by atoms with Crippen LogP contribution in [0.15, 0.2) is 60.7 Å². The number of nitrogens with one attached hydrogen (secondary N) is 1. The molecule has 118 valence electrons. The Morgan fingerprint density at radius 2 is 1.74 bits per heavy atom. The Morgan fingerprint density at radius 1 is 1.04 bits per heavy atom. The summed E-state index contributed by atoms with van der Waals surface area (Å²) in [5, 5.41) is 2.74. The minimum Gasteiger partial charge on any atom is -0.462 e. The van der Waals surface area contributed by atoms with E-state index in [0.717, 1.165) is 12.0 Å². The van der Waals surface area contributed by atoms with Gasteiger partial charge in [-0.05, 0) is 42.3 Å². The maximum absolute atomic E-state index is 11.9. The van der Waals surface area contributed by atoms with Gasteiger partial charge in [0.05, 0.1) is 12.2 Å². The molecule has 23 heavy (non-hydrogen) atoms. The molecule has 0 bridgehead atoms. The lowest BCUT2D eigenvalue weighted by molar-refractivity contribution is -0.111. The summed E-state index contributed by atoms with van der Waals surface area (Å²) < 4.78 is 5.05. The number of esters is 1. The third-order valence-electron chi connectivity index (χ3n) is 3.05. The number of rotatable bonds is 6. The van der Waals surface area contributed by atoms with Crippen molar-refractivity contribution in [1.82, 2.24) is 0 Å². The predicted molar refractivity (Wildman–Crippen MR) is 91.1 cm³/mol. The first-order valence-electron chi connectivity index (χ1n) is 7.50. The third kappa shape index (κ3) is 5.43. The molecule has 0 heterocycles. The highest BCUT2D eigenvalue weighted by molar-refractivity contribution is 6.02. The molecule has 4 nitrogen and oxygen atoms in total. The van der Waals surface area contributed by atoms with Crippen molar-refractivity contribution in [2.75, 3.05) is 11.9 Å². The molecular formula is C19H19NO3. The van der Waals surface area contributed by atoms with Gasteiger partial charge in [0.25, 0.3) is 0 Å². The van der Waals surface area contributed by atoms with E-state index in [9.17, 15) is 9.59 Å². The maximum Gasteiger partial charge on any atom is 0.338 e. The summed E-state index contributed by atoms with van der Waals surface area (Å²) in [5.74, 6) is -0.580. The fraction of sp³-hybridized carbons (Fsp3) is 0.158. The zero-order chi connectivity index (χ0) is 16.5. The Balaban J connectivity index is 1.91. The SMILES string of the molecule is CCCOC(=O)c1ccc(NC(=O)C=Cc2ccccc2)cc1. The molecule has 2 aromatic rings. The smallest absolute Gasteiger partial charge is 0.338 e. The van der Waals surface area contributed by atoms with Crippen LogP contribution < -0.4 is 5.32 Å². The number of hydrogen-bond donors (Lipinski definition) is 1. The van der Waals surface area contributed by atoms with E-state index in [1.165, 1.54) is 6.08 Å². The van der Waals surface area contributed by atoms with Crippen LogP contribution >= 0.6 is 0 Å². The Hall–Kier alpha value is -2.88. The van der Waals surface area contributed by atoms with E-state index >= 15 is 0 Å². The van der Waals surface area contributed by atoms with Crippen LogP contribution in [0.5, 0.6) is 0 Å². The Bertz CT molecular complexity index is 676. The van der Waals surface area contributed by atoms with Crippen molar-refractivity contribution in [3.8, 4) is 0 Å². The van der Waals surface area contributed by atoms with E-state index in [4.69, 9.17) is 4.74 Å². The van der Waals surface area contributed by atoms with Gasteiger partial charge in [0.15, 0.2) is 0 Å². The fourth-order valence-electron chi connectivity index (χ4n) is 1.89. The zero-order valence-electron chi connectivity index (χ0n) is 13.0. The van der Waals surface area contributed by atoms with Crippen molar-refractivity contribution in [2.24, 2.45) is 0 Å². The molecule has 4 heteroatoms. The van der Waals surface area contributed by atoms with Gasteiger partial charge in [-0.1, -0.05) is 37.3 Å². The minimum atomic E-state index is -0.353. The van der Waals surface area contributed by atoms with Crippen molar-refractivity contribution >= 4 is 23.6 Å². The summed E-state index contributed by atoms with van der Waals surface area (Å²) in [4.78, 5) is 23.5. The monoisotopic (exact) mass is 309 g/mol. The van der Waals surface area contributed by atoms with Crippen LogP contribution in [0, 0.1) is 0 Å². The largest absolute Gasteiger partial charge is 0.462 e. The van der Waals surface area contributed by atoms with E-state index in [0.29, 0.717) is 17.9 Å². The van der Waals surface area contributed by atoms with Crippen LogP contribution in [0.25, 0.3) is 6.08 Å². The molecule has 0 aliphatic heterocycles. The normalized spacial score (nSPS) is 10.5. The van der Waals surface area contributed by atoms with Crippen molar-refractivity contribution in [2.45, 2.75) is 13.3 Å². The van der Waals surface area contributed by atoms with E-state index in [1.807, 2.05) is 37.3 Å². The molecular weight excluding hydrogens is 290 g/mol. The lowest BCUT2D eigenvalue weighted by Crippen LogP contribution is -2.09. The molecule has 0 spiro atoms. The molecule has 0 unspecified atom stereocenters. The van der Waals surface area contributed by atoms with Crippen molar-refractivity contribution < 1.29 is 14.3 Å². The second kappa shape index (κ2) is 8.54. The van der Waals surface area contributed by atoms with Crippen LogP contribution in [0.3, 0.4) is 0 Å². The minimum absolute atomic E-state index is 0.227. The van der Waals surface area contributed by atoms with Gasteiger partial charge < -0.3 is 10.1 Å². The predicted octanol–water partition coefficient (Wildman–Crippen LogP) is 3.91. The summed E-state index contributed by atoms with van der Waals surface area (Å²) in [6, 6.07) is 16.2. The second-order valence-electron chi connectivity index (χ2n) is 4.95. The van der Waals surface area contributed by atoms with Gasteiger partial charge in [-0.25, -0.2) is 4.79 Å². The Labute approximate surface area is 135 Å². The summed E-state index contributed by atoms with van der Waals surface area (Å²) in [7, 11) is 0. The highest BCUT2D eigenvalue weighted by atomic mass is 16.5. The van der Waals surface area contributed by atoms with Gasteiger partial charge in [-0.15, -0.1) is 0 Å². The van der Waals surface area contributed by atoms with E-state index < -0.39 is 0 Å². The van der Waals surface area contributed by atoms with E-state index in [1.54, 1.807) is 30.3 Å². The first-order valence-corrected chi connectivity index (χ1v) is 7.50. The quantitative estimate of drug-likeness (QED) is 0.650. The molecule has 0 saturated heterocycles. The lowest BCUT2D eigenvalue weighted by Gasteiger charge is -2.05. The van der Waals surface area contributed by atoms with Crippen molar-refractivity contribution in [3.63, 3.8) is 0 Å². The molecule has 2 aromatic carbocycles. The third-order valence-corrected chi connectivity index (χ3v) is 3.05. The summed E-state index contributed by atoms with van der Waals surface area (Å²) >= 11 is 0. The van der Waals surface area contributed by atoms with Crippen LogP contribution in [-0.4, -0.2) is 18.5 Å². The average molecular weight is 309 g/mol. The number of carbonyl (C=O) groups is 2. The van der Waals surface area contributed by atoms with Gasteiger partial charge in [0.2, 0.25) is 5.91 Å². The number of benzene rings is 2. The molecule has 0 atom stereocenters. The van der Waals surface area contributed by atoms with E-state index in [2.05, 4.69) is 5.32 Å². The summed E-state index contributed by atoms with van der Waals surface area (Å²) in [6.07, 6.45) is 4.00. The first kappa shape index (κ1) is 16.5. The van der Waals surface area contributed by atoms with Gasteiger partial charge >= 0.3 is 5.97 Å². The standard InChI is InChI=1S/C19H19NO3/c1-2-14-23-19(22)16-9-11-17(12-10-16)20-18(21)13-8-15-6-4-3-5-7-15/h3-13H,2,14H2,1H3,(H,20,21). The molecule has 0 radical (unpaired) electrons. The Morgan fingerprint density at radius 3 is 2.39 bits per heavy atom. The number of amides is 1. The van der Waals surface area contributed by atoms with Gasteiger partial charge in [0.1, 0.15) is 0 Å². The molecule has 0 saturated carbocycles. The topological polar surface area (TPSA) is 55.4 Å². The summed E-state index contributed by atoms with van der Waals surface area (Å²) in [5.41, 5.74) is 2.05. The average Bonchev–Trinajstić information content (AvgIpc) is 2.59. The van der Waals surface area contributed by atoms with Gasteiger partial charge in [0, 0.05) is 11.8 Å².